The highest BCUT2D eigenvalue weighted by Crippen LogP contribution is 2.64. The second-order valence-electron chi connectivity index (χ2n) is 15.8. The predicted molar refractivity (Wildman–Crippen MR) is 178 cm³/mol. The van der Waals surface area contributed by atoms with Gasteiger partial charge in [0.25, 0.3) is 0 Å². The maximum Gasteiger partial charge on any atom is 0.249 e. The smallest absolute Gasteiger partial charge is 0.249 e. The minimum absolute atomic E-state index is 0.0696. The van der Waals surface area contributed by atoms with Crippen LogP contribution < -0.4 is 4.90 Å². The number of amides is 3. The molecule has 3 heterocycles. The fraction of sp³-hybridized carbons (Fsp3) is 0.649. The van der Waals surface area contributed by atoms with Crippen LogP contribution in [0.1, 0.15) is 81.1 Å². The third kappa shape index (κ3) is 6.25. The second-order valence-corrected chi connectivity index (χ2v) is 15.8. The molecule has 248 valence electrons. The number of aliphatic hydroxyl groups is 1. The fourth-order valence-corrected chi connectivity index (χ4v) is 8.77. The Kier molecular flexibility index (Phi) is 9.83. The molecule has 1 spiro atoms. The van der Waals surface area contributed by atoms with Crippen molar-refractivity contribution >= 4 is 23.4 Å². The van der Waals surface area contributed by atoms with Gasteiger partial charge < -0.3 is 24.5 Å². The van der Waals surface area contributed by atoms with Gasteiger partial charge in [0.05, 0.1) is 30.1 Å². The lowest BCUT2D eigenvalue weighted by molar-refractivity contribution is -0.159. The Morgan fingerprint density at radius 2 is 1.69 bits per heavy atom. The van der Waals surface area contributed by atoms with Gasteiger partial charge in [-0.15, -0.1) is 13.2 Å². The van der Waals surface area contributed by atoms with E-state index >= 15 is 4.79 Å². The van der Waals surface area contributed by atoms with Crippen molar-refractivity contribution in [2.45, 2.75) is 110 Å². The van der Waals surface area contributed by atoms with Crippen molar-refractivity contribution in [1.29, 1.82) is 0 Å². The standard InChI is InChI=1S/C37H55N3O5/c1-11-20-38(26-16-14-13-15-17-26)31(42)28-29-32(43)40(27(23-41)22-25(3)4)30(37(29)19-18-36(28,10)45-37)33(44)39(21-12-2)35(8,9)24-34(5,6)7/h11-17,25,27-30,41H,1-2,18-24H2,3-10H3/t27-,28+,29+,30?,36-,37?/m1/s1. The highest BCUT2D eigenvalue weighted by Gasteiger charge is 2.79. The van der Waals surface area contributed by atoms with Crippen LogP contribution in [0, 0.1) is 23.2 Å². The first-order valence-electron chi connectivity index (χ1n) is 16.5. The average molecular weight is 622 g/mol. The third-order valence-corrected chi connectivity index (χ3v) is 9.98. The van der Waals surface area contributed by atoms with Crippen molar-refractivity contribution < 1.29 is 24.2 Å². The summed E-state index contributed by atoms with van der Waals surface area (Å²) in [7, 11) is 0. The van der Waals surface area contributed by atoms with Crippen LogP contribution in [0.3, 0.4) is 0 Å². The molecule has 3 aliphatic rings. The molecule has 8 nitrogen and oxygen atoms in total. The molecule has 6 atom stereocenters. The number of hydrogen-bond donors (Lipinski definition) is 1. The van der Waals surface area contributed by atoms with Crippen molar-refractivity contribution in [1.82, 2.24) is 9.80 Å². The molecule has 3 fully saturated rings. The molecule has 0 saturated carbocycles. The molecule has 8 heteroatoms. The first kappa shape index (κ1) is 34.9. The summed E-state index contributed by atoms with van der Waals surface area (Å²) in [5.41, 5.74) is -2.04. The van der Waals surface area contributed by atoms with Gasteiger partial charge in [-0.25, -0.2) is 0 Å². The van der Waals surface area contributed by atoms with Crippen LogP contribution in [0.15, 0.2) is 55.6 Å². The van der Waals surface area contributed by atoms with Crippen molar-refractivity contribution in [3.63, 3.8) is 0 Å². The van der Waals surface area contributed by atoms with E-state index in [0.29, 0.717) is 31.5 Å². The van der Waals surface area contributed by atoms with E-state index in [4.69, 9.17) is 4.74 Å². The number of rotatable bonds is 13. The van der Waals surface area contributed by atoms with Gasteiger partial charge in [0, 0.05) is 24.3 Å². The molecule has 4 rings (SSSR count). The van der Waals surface area contributed by atoms with Gasteiger partial charge in [-0.3, -0.25) is 14.4 Å². The molecular weight excluding hydrogens is 566 g/mol. The minimum Gasteiger partial charge on any atom is -0.394 e. The summed E-state index contributed by atoms with van der Waals surface area (Å²) in [5, 5.41) is 10.7. The van der Waals surface area contributed by atoms with Crippen LogP contribution in [-0.4, -0.2) is 81.1 Å². The van der Waals surface area contributed by atoms with Crippen LogP contribution in [0.4, 0.5) is 5.69 Å². The largest absolute Gasteiger partial charge is 0.394 e. The van der Waals surface area contributed by atoms with Gasteiger partial charge in [-0.05, 0) is 69.9 Å². The Balaban J connectivity index is 1.87. The molecule has 3 saturated heterocycles. The zero-order chi connectivity index (χ0) is 33.5. The van der Waals surface area contributed by atoms with Crippen LogP contribution in [0.5, 0.6) is 0 Å². The van der Waals surface area contributed by atoms with E-state index in [1.54, 1.807) is 22.0 Å². The van der Waals surface area contributed by atoms with E-state index < -0.39 is 40.7 Å². The Labute approximate surface area is 270 Å². The van der Waals surface area contributed by atoms with Crippen LogP contribution >= 0.6 is 0 Å². The zero-order valence-electron chi connectivity index (χ0n) is 28.7. The predicted octanol–water partition coefficient (Wildman–Crippen LogP) is 5.61. The summed E-state index contributed by atoms with van der Waals surface area (Å²) >= 11 is 0. The van der Waals surface area contributed by atoms with Gasteiger partial charge in [0.15, 0.2) is 0 Å². The Hall–Kier alpha value is -2.97. The first-order chi connectivity index (χ1) is 21.0. The van der Waals surface area contributed by atoms with E-state index in [2.05, 4.69) is 47.8 Å². The summed E-state index contributed by atoms with van der Waals surface area (Å²) in [5.74, 6) is -2.20. The number of ether oxygens (including phenoxy) is 1. The van der Waals surface area contributed by atoms with E-state index in [1.165, 1.54) is 0 Å². The summed E-state index contributed by atoms with van der Waals surface area (Å²) in [4.78, 5) is 49.7. The van der Waals surface area contributed by atoms with Crippen LogP contribution in [0.25, 0.3) is 0 Å². The number of hydrogen-bond acceptors (Lipinski definition) is 5. The number of benzene rings is 1. The fourth-order valence-electron chi connectivity index (χ4n) is 8.77. The Bertz CT molecular complexity index is 1290. The minimum atomic E-state index is -1.19. The number of carbonyl (C=O) groups excluding carboxylic acids is 3. The molecule has 0 radical (unpaired) electrons. The molecule has 2 bridgehead atoms. The molecular formula is C37H55N3O5. The quantitative estimate of drug-likeness (QED) is 0.290. The molecule has 2 unspecified atom stereocenters. The van der Waals surface area contributed by atoms with E-state index in [0.717, 1.165) is 6.42 Å². The molecule has 1 aromatic carbocycles. The number of fused-ring (bicyclic) bond motifs is 1. The number of likely N-dealkylation sites (tertiary alicyclic amines) is 1. The molecule has 0 aliphatic carbocycles. The number of nitrogens with zero attached hydrogens (tertiary/aromatic N) is 3. The SMILES string of the molecule is C=CCN(C(=O)[C@@H]1[C@H]2C(=O)N([C@@H](CO)CC(C)C)C(C(=O)N(CC=C)C(C)(C)CC(C)(C)C)C23CC[C@@]1(C)O3)c1ccccc1. The average Bonchev–Trinajstić information content (AvgIpc) is 3.52. The van der Waals surface area contributed by atoms with E-state index in [1.807, 2.05) is 56.0 Å². The summed E-state index contributed by atoms with van der Waals surface area (Å²) in [6.45, 7) is 24.7. The van der Waals surface area contributed by atoms with Crippen molar-refractivity contribution in [3.8, 4) is 0 Å². The summed E-state index contributed by atoms with van der Waals surface area (Å²) in [6.07, 6.45) is 5.67. The highest BCUT2D eigenvalue weighted by atomic mass is 16.5. The third-order valence-electron chi connectivity index (χ3n) is 9.98. The maximum atomic E-state index is 15.1. The van der Waals surface area contributed by atoms with Gasteiger partial charge in [0.1, 0.15) is 11.6 Å². The van der Waals surface area contributed by atoms with Gasteiger partial charge in [0.2, 0.25) is 17.7 Å². The molecule has 1 N–H and O–H groups in total. The molecule has 0 aromatic heterocycles. The monoisotopic (exact) mass is 621 g/mol. The number of carbonyl (C=O) groups is 3. The van der Waals surface area contributed by atoms with E-state index in [-0.39, 0.29) is 42.2 Å². The van der Waals surface area contributed by atoms with Crippen molar-refractivity contribution in [3.05, 3.63) is 55.6 Å². The molecule has 45 heavy (non-hydrogen) atoms. The highest BCUT2D eigenvalue weighted by molar-refractivity contribution is 6.03. The Morgan fingerprint density at radius 1 is 1.07 bits per heavy atom. The lowest BCUT2D eigenvalue weighted by Gasteiger charge is -2.46. The normalized spacial score (nSPS) is 28.3. The Morgan fingerprint density at radius 3 is 2.22 bits per heavy atom. The zero-order valence-corrected chi connectivity index (χ0v) is 28.7. The van der Waals surface area contributed by atoms with Crippen LogP contribution in [-0.2, 0) is 19.1 Å². The van der Waals surface area contributed by atoms with Gasteiger partial charge >= 0.3 is 0 Å². The van der Waals surface area contributed by atoms with Gasteiger partial charge in [-0.2, -0.15) is 0 Å². The second kappa shape index (κ2) is 12.7. The number of para-hydroxylation sites is 1. The number of aliphatic hydroxyl groups excluding tert-OH is 1. The molecule has 3 amide bonds. The van der Waals surface area contributed by atoms with Gasteiger partial charge in [-0.1, -0.05) is 65.0 Å². The first-order valence-corrected chi connectivity index (χ1v) is 16.5. The molecule has 1 aromatic rings. The topological polar surface area (TPSA) is 90.4 Å². The van der Waals surface area contributed by atoms with E-state index in [9.17, 15) is 14.7 Å². The summed E-state index contributed by atoms with van der Waals surface area (Å²) < 4.78 is 6.95. The maximum absolute atomic E-state index is 15.1. The summed E-state index contributed by atoms with van der Waals surface area (Å²) in [6, 6.07) is 7.82. The lowest BCUT2D eigenvalue weighted by atomic mass is 9.65. The lowest BCUT2D eigenvalue weighted by Crippen LogP contribution is -2.62. The van der Waals surface area contributed by atoms with Crippen molar-refractivity contribution in [2.24, 2.45) is 23.2 Å². The molecule has 3 aliphatic heterocycles. The van der Waals surface area contributed by atoms with Crippen molar-refractivity contribution in [2.75, 3.05) is 24.6 Å². The number of anilines is 1. The van der Waals surface area contributed by atoms with Crippen LogP contribution in [0.2, 0.25) is 0 Å².